The van der Waals surface area contributed by atoms with Crippen molar-refractivity contribution in [3.63, 3.8) is 0 Å². The Labute approximate surface area is 96.1 Å². The van der Waals surface area contributed by atoms with Crippen LogP contribution >= 0.6 is 11.6 Å². The van der Waals surface area contributed by atoms with Crippen LogP contribution in [0.25, 0.3) is 0 Å². The van der Waals surface area contributed by atoms with Crippen LogP contribution in [-0.4, -0.2) is 12.8 Å². The molecule has 6 heteroatoms. The molecule has 0 bridgehead atoms. The average Bonchev–Trinajstić information content (AvgIpc) is 2.14. The topological polar surface area (TPSA) is 35.2 Å². The van der Waals surface area contributed by atoms with Gasteiger partial charge in [-0.05, 0) is 24.6 Å². The third kappa shape index (κ3) is 3.90. The summed E-state index contributed by atoms with van der Waals surface area (Å²) in [4.78, 5) is 0. The molecule has 0 aliphatic heterocycles. The highest BCUT2D eigenvalue weighted by Gasteiger charge is 2.28. The van der Waals surface area contributed by atoms with Gasteiger partial charge in [0, 0.05) is 6.04 Å². The summed E-state index contributed by atoms with van der Waals surface area (Å²) >= 11 is 5.75. The van der Waals surface area contributed by atoms with E-state index in [-0.39, 0.29) is 16.8 Å². The molecule has 0 unspecified atom stereocenters. The van der Waals surface area contributed by atoms with Crippen LogP contribution in [0.2, 0.25) is 5.02 Å². The van der Waals surface area contributed by atoms with Crippen molar-refractivity contribution in [2.24, 2.45) is 5.73 Å². The van der Waals surface area contributed by atoms with Gasteiger partial charge in [0.1, 0.15) is 5.75 Å². The summed E-state index contributed by atoms with van der Waals surface area (Å²) in [6.07, 6.45) is -4.37. The van der Waals surface area contributed by atoms with Gasteiger partial charge in [0.2, 0.25) is 0 Å². The summed E-state index contributed by atoms with van der Waals surface area (Å²) in [6.45, 7) is 0.395. The number of rotatable bonds is 3. The molecule has 1 atom stereocenters. The molecule has 0 aliphatic rings. The fourth-order valence-corrected chi connectivity index (χ4v) is 1.32. The summed E-state index contributed by atoms with van der Waals surface area (Å²) in [6, 6.07) is 4.24. The second-order valence-electron chi connectivity index (χ2n) is 3.38. The second kappa shape index (κ2) is 4.93. The summed E-state index contributed by atoms with van der Waals surface area (Å²) in [5, 5.41) is 0.124. The summed E-state index contributed by atoms with van der Waals surface area (Å²) in [7, 11) is 0. The molecule has 0 aromatic heterocycles. The van der Waals surface area contributed by atoms with Gasteiger partial charge in [0.25, 0.3) is 0 Å². The maximum atomic E-state index is 11.9. The fraction of sp³-hybridized carbons (Fsp3) is 0.400. The largest absolute Gasteiger partial charge is 0.483 e. The van der Waals surface area contributed by atoms with Gasteiger partial charge in [-0.3, -0.25) is 0 Å². The van der Waals surface area contributed by atoms with Crippen LogP contribution in [-0.2, 0) is 0 Å². The van der Waals surface area contributed by atoms with Crippen molar-refractivity contribution in [2.75, 3.05) is 6.61 Å². The standard InChI is InChI=1S/C10H11ClF3NO/c1-6(15)7-2-3-9(8(11)4-7)16-5-10(12,13)14/h2-4,6H,5,15H2,1H3/t6-/m0/s1. The first-order valence-electron chi connectivity index (χ1n) is 4.54. The number of hydrogen-bond donors (Lipinski definition) is 1. The molecule has 0 saturated carbocycles. The molecule has 1 rings (SSSR count). The molecule has 0 aliphatic carbocycles. The number of halogens is 4. The SMILES string of the molecule is C[C@H](N)c1ccc(OCC(F)(F)F)c(Cl)c1. The maximum Gasteiger partial charge on any atom is 0.422 e. The smallest absolute Gasteiger partial charge is 0.422 e. The monoisotopic (exact) mass is 253 g/mol. The van der Waals surface area contributed by atoms with Crippen LogP contribution in [0, 0.1) is 0 Å². The van der Waals surface area contributed by atoms with Crippen molar-refractivity contribution in [1.82, 2.24) is 0 Å². The van der Waals surface area contributed by atoms with E-state index in [0.717, 1.165) is 5.56 Å². The first-order chi connectivity index (χ1) is 7.29. The summed E-state index contributed by atoms with van der Waals surface area (Å²) < 4.78 is 40.2. The second-order valence-corrected chi connectivity index (χ2v) is 3.79. The molecule has 0 spiro atoms. The Morgan fingerprint density at radius 2 is 2.06 bits per heavy atom. The zero-order chi connectivity index (χ0) is 12.3. The van der Waals surface area contributed by atoms with E-state index < -0.39 is 12.8 Å². The van der Waals surface area contributed by atoms with Crippen LogP contribution in [0.3, 0.4) is 0 Å². The Bertz CT molecular complexity index is 366. The Hall–Kier alpha value is -0.940. The number of benzene rings is 1. The highest BCUT2D eigenvalue weighted by atomic mass is 35.5. The van der Waals surface area contributed by atoms with Gasteiger partial charge in [0.05, 0.1) is 5.02 Å². The van der Waals surface area contributed by atoms with Gasteiger partial charge in [-0.25, -0.2) is 0 Å². The minimum atomic E-state index is -4.37. The number of ether oxygens (including phenoxy) is 1. The predicted octanol–water partition coefficient (Wildman–Crippen LogP) is 3.30. The van der Waals surface area contributed by atoms with Crippen LogP contribution in [0.5, 0.6) is 5.75 Å². The Balaban J connectivity index is 2.76. The van der Waals surface area contributed by atoms with E-state index >= 15 is 0 Å². The average molecular weight is 254 g/mol. The molecule has 1 aromatic carbocycles. The van der Waals surface area contributed by atoms with Crippen molar-refractivity contribution in [3.05, 3.63) is 28.8 Å². The van der Waals surface area contributed by atoms with Gasteiger partial charge < -0.3 is 10.5 Å². The molecule has 90 valence electrons. The molecular formula is C10H11ClF3NO. The lowest BCUT2D eigenvalue weighted by molar-refractivity contribution is -0.153. The molecule has 0 radical (unpaired) electrons. The quantitative estimate of drug-likeness (QED) is 0.897. The molecule has 0 saturated heterocycles. The molecular weight excluding hydrogens is 243 g/mol. The van der Waals surface area contributed by atoms with E-state index in [9.17, 15) is 13.2 Å². The molecule has 1 aromatic rings. The Kier molecular flexibility index (Phi) is 4.04. The zero-order valence-corrected chi connectivity index (χ0v) is 9.27. The summed E-state index contributed by atoms with van der Waals surface area (Å²) in [5.74, 6) is 0.00314. The molecule has 2 N–H and O–H groups in total. The fourth-order valence-electron chi connectivity index (χ4n) is 1.08. The Morgan fingerprint density at radius 3 is 2.50 bits per heavy atom. The lowest BCUT2D eigenvalue weighted by atomic mass is 10.1. The van der Waals surface area contributed by atoms with Crippen molar-refractivity contribution in [2.45, 2.75) is 19.1 Å². The third-order valence-corrected chi connectivity index (χ3v) is 2.17. The van der Waals surface area contributed by atoms with E-state index in [1.165, 1.54) is 12.1 Å². The van der Waals surface area contributed by atoms with Gasteiger partial charge in [-0.1, -0.05) is 17.7 Å². The molecule has 2 nitrogen and oxygen atoms in total. The summed E-state index contributed by atoms with van der Waals surface area (Å²) in [5.41, 5.74) is 6.34. The van der Waals surface area contributed by atoms with Crippen molar-refractivity contribution >= 4 is 11.6 Å². The lowest BCUT2D eigenvalue weighted by Gasteiger charge is -2.12. The molecule has 0 fully saturated rings. The van der Waals surface area contributed by atoms with E-state index in [0.29, 0.717) is 0 Å². The first kappa shape index (κ1) is 13.1. The van der Waals surface area contributed by atoms with Crippen LogP contribution in [0.15, 0.2) is 18.2 Å². The highest BCUT2D eigenvalue weighted by molar-refractivity contribution is 6.32. The van der Waals surface area contributed by atoms with E-state index in [1.54, 1.807) is 13.0 Å². The van der Waals surface area contributed by atoms with Crippen molar-refractivity contribution in [3.8, 4) is 5.75 Å². The minimum absolute atomic E-state index is 0.00314. The zero-order valence-electron chi connectivity index (χ0n) is 8.51. The number of hydrogen-bond acceptors (Lipinski definition) is 2. The van der Waals surface area contributed by atoms with E-state index in [1.807, 2.05) is 0 Å². The van der Waals surface area contributed by atoms with Gasteiger partial charge in [-0.15, -0.1) is 0 Å². The van der Waals surface area contributed by atoms with Crippen LogP contribution in [0.1, 0.15) is 18.5 Å². The van der Waals surface area contributed by atoms with Gasteiger partial charge >= 0.3 is 6.18 Å². The van der Waals surface area contributed by atoms with Gasteiger partial charge in [-0.2, -0.15) is 13.2 Å². The van der Waals surface area contributed by atoms with Crippen molar-refractivity contribution < 1.29 is 17.9 Å². The molecule has 0 amide bonds. The first-order valence-corrected chi connectivity index (χ1v) is 4.92. The van der Waals surface area contributed by atoms with Crippen LogP contribution < -0.4 is 10.5 Å². The highest BCUT2D eigenvalue weighted by Crippen LogP contribution is 2.28. The Morgan fingerprint density at radius 1 is 1.44 bits per heavy atom. The number of nitrogens with two attached hydrogens (primary N) is 1. The normalized spacial score (nSPS) is 13.6. The molecule has 16 heavy (non-hydrogen) atoms. The third-order valence-electron chi connectivity index (χ3n) is 1.87. The lowest BCUT2D eigenvalue weighted by Crippen LogP contribution is -2.19. The maximum absolute atomic E-state index is 11.9. The van der Waals surface area contributed by atoms with E-state index in [4.69, 9.17) is 17.3 Å². The predicted molar refractivity (Wildman–Crippen MR) is 55.6 cm³/mol. The van der Waals surface area contributed by atoms with Crippen LogP contribution in [0.4, 0.5) is 13.2 Å². The van der Waals surface area contributed by atoms with Gasteiger partial charge in [0.15, 0.2) is 6.61 Å². The molecule has 0 heterocycles. The number of alkyl halides is 3. The van der Waals surface area contributed by atoms with Crippen molar-refractivity contribution in [1.29, 1.82) is 0 Å². The van der Waals surface area contributed by atoms with E-state index in [2.05, 4.69) is 4.74 Å². The minimum Gasteiger partial charge on any atom is -0.483 e.